The van der Waals surface area contributed by atoms with E-state index in [1.54, 1.807) is 10.9 Å². The van der Waals surface area contributed by atoms with Gasteiger partial charge in [-0.15, -0.1) is 0 Å². The third kappa shape index (κ3) is 2.71. The van der Waals surface area contributed by atoms with Crippen LogP contribution < -0.4 is 0 Å². The number of piperazine rings is 1. The smallest absolute Gasteiger partial charge is 0.257 e. The number of carbonyl (C=O) groups excluding carboxylic acids is 1. The van der Waals surface area contributed by atoms with Gasteiger partial charge in [0.15, 0.2) is 5.82 Å². The predicted octanol–water partition coefficient (Wildman–Crippen LogP) is 1.12. The van der Waals surface area contributed by atoms with E-state index in [1.165, 1.54) is 0 Å². The van der Waals surface area contributed by atoms with Gasteiger partial charge in [-0.3, -0.25) is 14.4 Å². The Morgan fingerprint density at radius 3 is 2.75 bits per heavy atom. The van der Waals surface area contributed by atoms with Crippen LogP contribution in [0.3, 0.4) is 0 Å². The van der Waals surface area contributed by atoms with E-state index in [0.717, 1.165) is 30.9 Å². The van der Waals surface area contributed by atoms with Crippen molar-refractivity contribution in [2.75, 3.05) is 26.7 Å². The van der Waals surface area contributed by atoms with E-state index in [0.29, 0.717) is 30.5 Å². The van der Waals surface area contributed by atoms with Gasteiger partial charge in [0.05, 0.1) is 11.3 Å². The molecule has 3 heterocycles. The Hall–Kier alpha value is -2.22. The first kappa shape index (κ1) is 15.3. The fourth-order valence-corrected chi connectivity index (χ4v) is 3.19. The zero-order valence-corrected chi connectivity index (χ0v) is 14.3. The molecule has 1 atom stereocenters. The lowest BCUT2D eigenvalue weighted by Crippen LogP contribution is -2.49. The summed E-state index contributed by atoms with van der Waals surface area (Å²) >= 11 is 0. The van der Waals surface area contributed by atoms with Crippen LogP contribution in [0.2, 0.25) is 0 Å². The maximum Gasteiger partial charge on any atom is 0.257 e. The number of amides is 1. The standard InChI is InChI=1S/C16H22N6O2/c1-10-12(8-21(3)18-10)16(23)22-7-6-20(2)13(9-22)15-17-14(19-24-15)11-4-5-11/h8,11,13H,4-7,9H2,1-3H3/t13-/m0/s1. The minimum absolute atomic E-state index is 0.0145. The summed E-state index contributed by atoms with van der Waals surface area (Å²) in [4.78, 5) is 21.4. The Kier molecular flexibility index (Phi) is 3.64. The molecule has 8 heteroatoms. The molecular formula is C16H22N6O2. The second-order valence-electron chi connectivity index (χ2n) is 6.81. The molecule has 2 aromatic rings. The van der Waals surface area contributed by atoms with E-state index in [9.17, 15) is 4.79 Å². The van der Waals surface area contributed by atoms with Crippen molar-refractivity contribution in [2.24, 2.45) is 7.05 Å². The molecule has 128 valence electrons. The monoisotopic (exact) mass is 330 g/mol. The molecule has 0 bridgehead atoms. The van der Waals surface area contributed by atoms with Crippen molar-refractivity contribution in [3.05, 3.63) is 29.2 Å². The van der Waals surface area contributed by atoms with Crippen molar-refractivity contribution >= 4 is 5.91 Å². The van der Waals surface area contributed by atoms with Crippen LogP contribution >= 0.6 is 0 Å². The predicted molar refractivity (Wildman–Crippen MR) is 85.5 cm³/mol. The van der Waals surface area contributed by atoms with E-state index in [1.807, 2.05) is 25.9 Å². The zero-order chi connectivity index (χ0) is 16.8. The summed E-state index contributed by atoms with van der Waals surface area (Å²) in [5.74, 6) is 1.90. The second-order valence-corrected chi connectivity index (χ2v) is 6.81. The summed E-state index contributed by atoms with van der Waals surface area (Å²) in [5, 5.41) is 8.37. The minimum atomic E-state index is -0.0559. The van der Waals surface area contributed by atoms with Crippen LogP contribution in [0.25, 0.3) is 0 Å². The Balaban J connectivity index is 1.53. The fourth-order valence-electron chi connectivity index (χ4n) is 3.19. The normalized spacial score (nSPS) is 22.1. The van der Waals surface area contributed by atoms with E-state index in [2.05, 4.69) is 20.1 Å². The van der Waals surface area contributed by atoms with Gasteiger partial charge in [0.2, 0.25) is 5.89 Å². The average molecular weight is 330 g/mol. The molecule has 1 amide bonds. The fraction of sp³-hybridized carbons (Fsp3) is 0.625. The Morgan fingerprint density at radius 2 is 2.08 bits per heavy atom. The van der Waals surface area contributed by atoms with Crippen LogP contribution in [-0.2, 0) is 7.05 Å². The van der Waals surface area contributed by atoms with Gasteiger partial charge in [0.1, 0.15) is 6.04 Å². The van der Waals surface area contributed by atoms with E-state index in [-0.39, 0.29) is 11.9 Å². The molecule has 4 rings (SSSR count). The topological polar surface area (TPSA) is 80.3 Å². The van der Waals surface area contributed by atoms with Gasteiger partial charge in [0.25, 0.3) is 5.91 Å². The number of rotatable bonds is 3. The Morgan fingerprint density at radius 1 is 1.29 bits per heavy atom. The quantitative estimate of drug-likeness (QED) is 0.839. The number of hydrogen-bond donors (Lipinski definition) is 0. The first-order valence-electron chi connectivity index (χ1n) is 8.36. The molecule has 0 unspecified atom stereocenters. The first-order chi connectivity index (χ1) is 11.5. The lowest BCUT2D eigenvalue weighted by molar-refractivity contribution is 0.0488. The highest BCUT2D eigenvalue weighted by Crippen LogP contribution is 2.38. The number of hydrogen-bond acceptors (Lipinski definition) is 6. The van der Waals surface area contributed by atoms with Crippen molar-refractivity contribution in [3.8, 4) is 0 Å². The molecule has 1 aliphatic heterocycles. The number of likely N-dealkylation sites (N-methyl/N-ethyl adjacent to an activating group) is 1. The van der Waals surface area contributed by atoms with Gasteiger partial charge in [-0.2, -0.15) is 10.1 Å². The first-order valence-corrected chi connectivity index (χ1v) is 8.36. The highest BCUT2D eigenvalue weighted by Gasteiger charge is 2.35. The third-order valence-corrected chi connectivity index (χ3v) is 4.86. The maximum absolute atomic E-state index is 12.8. The molecule has 0 aromatic carbocycles. The van der Waals surface area contributed by atoms with Crippen molar-refractivity contribution in [2.45, 2.75) is 31.7 Å². The van der Waals surface area contributed by atoms with Gasteiger partial charge in [-0.1, -0.05) is 5.16 Å². The molecule has 1 saturated carbocycles. The van der Waals surface area contributed by atoms with Crippen molar-refractivity contribution < 1.29 is 9.32 Å². The van der Waals surface area contributed by atoms with Gasteiger partial charge < -0.3 is 9.42 Å². The highest BCUT2D eigenvalue weighted by atomic mass is 16.5. The summed E-state index contributed by atoms with van der Waals surface area (Å²) in [6.45, 7) is 3.87. The molecule has 1 aliphatic carbocycles. The van der Waals surface area contributed by atoms with E-state index in [4.69, 9.17) is 4.52 Å². The average Bonchev–Trinajstić information content (AvgIpc) is 3.19. The largest absolute Gasteiger partial charge is 0.338 e. The molecule has 2 aromatic heterocycles. The number of carbonyl (C=O) groups is 1. The van der Waals surface area contributed by atoms with Crippen LogP contribution in [0.15, 0.2) is 10.7 Å². The molecule has 2 aliphatic rings. The summed E-state index contributed by atoms with van der Waals surface area (Å²) in [6, 6.07) is -0.0559. The minimum Gasteiger partial charge on any atom is -0.338 e. The number of aryl methyl sites for hydroxylation is 2. The van der Waals surface area contributed by atoms with Crippen LogP contribution in [0, 0.1) is 6.92 Å². The summed E-state index contributed by atoms with van der Waals surface area (Å²) in [6.07, 6.45) is 4.07. The van der Waals surface area contributed by atoms with E-state index >= 15 is 0 Å². The van der Waals surface area contributed by atoms with Gasteiger partial charge in [-0.25, -0.2) is 0 Å². The molecule has 24 heavy (non-hydrogen) atoms. The number of aromatic nitrogens is 4. The SMILES string of the molecule is Cc1nn(C)cc1C(=O)N1CCN(C)[C@H](c2nc(C3CC3)no2)C1. The lowest BCUT2D eigenvalue weighted by Gasteiger charge is -2.37. The molecule has 0 radical (unpaired) electrons. The zero-order valence-electron chi connectivity index (χ0n) is 14.3. The third-order valence-electron chi connectivity index (χ3n) is 4.86. The van der Waals surface area contributed by atoms with Crippen molar-refractivity contribution in [1.82, 2.24) is 29.7 Å². The van der Waals surface area contributed by atoms with E-state index < -0.39 is 0 Å². The Labute approximate surface area is 140 Å². The summed E-state index contributed by atoms with van der Waals surface area (Å²) in [7, 11) is 3.86. The molecule has 8 nitrogen and oxygen atoms in total. The molecule has 0 spiro atoms. The van der Waals surface area contributed by atoms with Crippen LogP contribution in [0.5, 0.6) is 0 Å². The molecule has 0 N–H and O–H groups in total. The summed E-state index contributed by atoms with van der Waals surface area (Å²) in [5.41, 5.74) is 1.41. The highest BCUT2D eigenvalue weighted by molar-refractivity contribution is 5.95. The summed E-state index contributed by atoms with van der Waals surface area (Å²) < 4.78 is 7.16. The van der Waals surface area contributed by atoms with Gasteiger partial charge in [0, 0.05) is 38.8 Å². The molecule has 1 saturated heterocycles. The Bertz CT molecular complexity index is 762. The van der Waals surface area contributed by atoms with Crippen molar-refractivity contribution in [3.63, 3.8) is 0 Å². The lowest BCUT2D eigenvalue weighted by atomic mass is 10.1. The molecular weight excluding hydrogens is 308 g/mol. The van der Waals surface area contributed by atoms with Gasteiger partial charge in [-0.05, 0) is 26.8 Å². The van der Waals surface area contributed by atoms with Crippen LogP contribution in [0.4, 0.5) is 0 Å². The van der Waals surface area contributed by atoms with Crippen LogP contribution in [0.1, 0.15) is 52.6 Å². The van der Waals surface area contributed by atoms with Crippen LogP contribution in [-0.4, -0.2) is 62.3 Å². The maximum atomic E-state index is 12.8. The van der Waals surface area contributed by atoms with Crippen molar-refractivity contribution in [1.29, 1.82) is 0 Å². The number of nitrogens with zero attached hydrogens (tertiary/aromatic N) is 6. The molecule has 2 fully saturated rings. The second kappa shape index (κ2) is 5.70. The van der Waals surface area contributed by atoms with Gasteiger partial charge >= 0.3 is 0 Å².